The van der Waals surface area contributed by atoms with Gasteiger partial charge in [-0.25, -0.2) is 0 Å². The molecule has 0 aromatic heterocycles. The molecule has 0 spiro atoms. The Labute approximate surface area is 167 Å². The van der Waals surface area contributed by atoms with Crippen LogP contribution < -0.4 is 9.47 Å². The van der Waals surface area contributed by atoms with Crippen molar-refractivity contribution in [3.63, 3.8) is 0 Å². The highest BCUT2D eigenvalue weighted by Crippen LogP contribution is 2.32. The van der Waals surface area contributed by atoms with Crippen LogP contribution in [0.4, 0.5) is 0 Å². The summed E-state index contributed by atoms with van der Waals surface area (Å²) < 4.78 is 11.5. The summed E-state index contributed by atoms with van der Waals surface area (Å²) in [5.74, 6) is 1.52. The standard InChI is InChI=1S/C22H32N2O4/c1-22(2)14-20(25)24(21(26)15-22)12-7-6-11-23-13-10-17(16-23)28-19-9-5-4-8-18(19)27-3/h4-5,8-9,17H,6-7,10-16H2,1-3H3. The molecule has 2 saturated heterocycles. The first kappa shape index (κ1) is 20.6. The second-order valence-electron chi connectivity index (χ2n) is 8.64. The summed E-state index contributed by atoms with van der Waals surface area (Å²) in [7, 11) is 1.65. The van der Waals surface area contributed by atoms with Crippen molar-refractivity contribution in [3.8, 4) is 11.5 Å². The highest BCUT2D eigenvalue weighted by Gasteiger charge is 2.36. The average molecular weight is 389 g/mol. The van der Waals surface area contributed by atoms with Gasteiger partial charge in [-0.2, -0.15) is 0 Å². The van der Waals surface area contributed by atoms with Crippen LogP contribution in [0.3, 0.4) is 0 Å². The zero-order valence-electron chi connectivity index (χ0n) is 17.3. The molecule has 2 fully saturated rings. The lowest BCUT2D eigenvalue weighted by molar-refractivity contribution is -0.152. The topological polar surface area (TPSA) is 59.1 Å². The number of rotatable bonds is 8. The van der Waals surface area contributed by atoms with E-state index in [0.717, 1.165) is 50.4 Å². The fraction of sp³-hybridized carbons (Fsp3) is 0.636. The van der Waals surface area contributed by atoms with Crippen LogP contribution in [0.1, 0.15) is 46.0 Å². The smallest absolute Gasteiger partial charge is 0.229 e. The van der Waals surface area contributed by atoms with E-state index in [1.54, 1.807) is 7.11 Å². The Morgan fingerprint density at radius 1 is 1.04 bits per heavy atom. The van der Waals surface area contributed by atoms with Gasteiger partial charge in [0.25, 0.3) is 0 Å². The first-order valence-electron chi connectivity index (χ1n) is 10.2. The van der Waals surface area contributed by atoms with Crippen LogP contribution >= 0.6 is 0 Å². The number of unbranched alkanes of at least 4 members (excludes halogenated alkanes) is 1. The van der Waals surface area contributed by atoms with E-state index < -0.39 is 0 Å². The van der Waals surface area contributed by atoms with Gasteiger partial charge in [-0.3, -0.25) is 19.4 Å². The maximum atomic E-state index is 12.2. The number of hydrogen-bond acceptors (Lipinski definition) is 5. The number of carbonyl (C=O) groups excluding carboxylic acids is 2. The van der Waals surface area contributed by atoms with Crippen LogP contribution in [0, 0.1) is 5.41 Å². The van der Waals surface area contributed by atoms with E-state index in [0.29, 0.717) is 19.4 Å². The number of likely N-dealkylation sites (tertiary alicyclic amines) is 2. The lowest BCUT2D eigenvalue weighted by Gasteiger charge is -2.34. The molecule has 0 radical (unpaired) electrons. The second kappa shape index (κ2) is 8.95. The largest absolute Gasteiger partial charge is 0.493 e. The molecular weight excluding hydrogens is 356 g/mol. The molecular formula is C22H32N2O4. The molecule has 0 aliphatic carbocycles. The van der Waals surface area contributed by atoms with E-state index in [1.807, 2.05) is 38.1 Å². The number of imide groups is 1. The molecule has 6 heteroatoms. The Morgan fingerprint density at radius 2 is 1.68 bits per heavy atom. The predicted molar refractivity (Wildman–Crippen MR) is 107 cm³/mol. The number of piperidine rings is 1. The van der Waals surface area contributed by atoms with Gasteiger partial charge in [0.1, 0.15) is 6.10 Å². The number of hydrogen-bond donors (Lipinski definition) is 0. The molecule has 28 heavy (non-hydrogen) atoms. The molecule has 2 amide bonds. The molecule has 0 bridgehead atoms. The molecule has 3 rings (SSSR count). The van der Waals surface area contributed by atoms with Crippen molar-refractivity contribution in [2.75, 3.05) is 33.3 Å². The maximum absolute atomic E-state index is 12.2. The average Bonchev–Trinajstić information content (AvgIpc) is 3.07. The third-order valence-corrected chi connectivity index (χ3v) is 5.56. The number of para-hydroxylation sites is 2. The van der Waals surface area contributed by atoms with Crippen LogP contribution in [-0.2, 0) is 9.59 Å². The molecule has 2 aliphatic rings. The van der Waals surface area contributed by atoms with E-state index >= 15 is 0 Å². The van der Waals surface area contributed by atoms with E-state index in [4.69, 9.17) is 9.47 Å². The zero-order valence-corrected chi connectivity index (χ0v) is 17.3. The zero-order chi connectivity index (χ0) is 20.1. The van der Waals surface area contributed by atoms with Crippen LogP contribution in [0.2, 0.25) is 0 Å². The van der Waals surface area contributed by atoms with E-state index in [1.165, 1.54) is 4.90 Å². The molecule has 6 nitrogen and oxygen atoms in total. The van der Waals surface area contributed by atoms with Crippen molar-refractivity contribution >= 4 is 11.8 Å². The summed E-state index contributed by atoms with van der Waals surface area (Å²) in [4.78, 5) is 28.3. The Hall–Kier alpha value is -2.08. The fourth-order valence-corrected chi connectivity index (χ4v) is 4.06. The first-order chi connectivity index (χ1) is 13.4. The van der Waals surface area contributed by atoms with Crippen LogP contribution in [0.15, 0.2) is 24.3 Å². The van der Waals surface area contributed by atoms with Crippen molar-refractivity contribution in [3.05, 3.63) is 24.3 Å². The van der Waals surface area contributed by atoms with Gasteiger partial charge in [0.05, 0.1) is 7.11 Å². The van der Waals surface area contributed by atoms with Gasteiger partial charge < -0.3 is 9.47 Å². The van der Waals surface area contributed by atoms with Crippen molar-refractivity contribution in [2.24, 2.45) is 5.41 Å². The molecule has 154 valence electrons. The lowest BCUT2D eigenvalue weighted by atomic mass is 9.82. The summed E-state index contributed by atoms with van der Waals surface area (Å²) in [6, 6.07) is 7.74. The first-order valence-corrected chi connectivity index (χ1v) is 10.2. The molecule has 1 atom stereocenters. The van der Waals surface area contributed by atoms with Crippen molar-refractivity contribution < 1.29 is 19.1 Å². The third kappa shape index (κ3) is 5.25. The third-order valence-electron chi connectivity index (χ3n) is 5.56. The number of benzene rings is 1. The molecule has 1 aromatic rings. The number of methoxy groups -OCH3 is 1. The Morgan fingerprint density at radius 3 is 2.36 bits per heavy atom. The summed E-state index contributed by atoms with van der Waals surface area (Å²) in [5, 5.41) is 0. The molecule has 0 N–H and O–H groups in total. The van der Waals surface area contributed by atoms with Gasteiger partial charge in [0, 0.05) is 32.5 Å². The minimum Gasteiger partial charge on any atom is -0.493 e. The van der Waals surface area contributed by atoms with Gasteiger partial charge in [0.2, 0.25) is 11.8 Å². The summed E-state index contributed by atoms with van der Waals surface area (Å²) >= 11 is 0. The van der Waals surface area contributed by atoms with Crippen molar-refractivity contribution in [2.45, 2.75) is 52.1 Å². The molecule has 2 aliphatic heterocycles. The van der Waals surface area contributed by atoms with Crippen LogP contribution in [-0.4, -0.2) is 61.0 Å². The Balaban J connectivity index is 1.37. The maximum Gasteiger partial charge on any atom is 0.229 e. The summed E-state index contributed by atoms with van der Waals surface area (Å²) in [5.41, 5.74) is -0.198. The van der Waals surface area contributed by atoms with E-state index in [2.05, 4.69) is 4.90 Å². The predicted octanol–water partition coefficient (Wildman–Crippen LogP) is 3.10. The van der Waals surface area contributed by atoms with Crippen LogP contribution in [0.25, 0.3) is 0 Å². The quantitative estimate of drug-likeness (QED) is 0.506. The van der Waals surface area contributed by atoms with Crippen molar-refractivity contribution in [1.82, 2.24) is 9.80 Å². The SMILES string of the molecule is COc1ccccc1OC1CCN(CCCCN2C(=O)CC(C)(C)CC2=O)C1. The summed E-state index contributed by atoms with van der Waals surface area (Å²) in [6.45, 7) is 7.38. The normalized spacial score (nSPS) is 22.5. The van der Waals surface area contributed by atoms with Gasteiger partial charge >= 0.3 is 0 Å². The van der Waals surface area contributed by atoms with Gasteiger partial charge in [0.15, 0.2) is 11.5 Å². The Kier molecular flexibility index (Phi) is 6.60. The lowest BCUT2D eigenvalue weighted by Crippen LogP contribution is -2.46. The number of ether oxygens (including phenoxy) is 2. The second-order valence-corrected chi connectivity index (χ2v) is 8.64. The molecule has 1 aromatic carbocycles. The van der Waals surface area contributed by atoms with Crippen molar-refractivity contribution in [1.29, 1.82) is 0 Å². The van der Waals surface area contributed by atoms with Gasteiger partial charge in [-0.15, -0.1) is 0 Å². The minimum absolute atomic E-state index is 0.0207. The molecule has 0 saturated carbocycles. The Bertz CT molecular complexity index is 684. The monoisotopic (exact) mass is 388 g/mol. The number of nitrogens with zero attached hydrogens (tertiary/aromatic N) is 2. The minimum atomic E-state index is -0.198. The fourth-order valence-electron chi connectivity index (χ4n) is 4.06. The van der Waals surface area contributed by atoms with E-state index in [9.17, 15) is 9.59 Å². The number of carbonyl (C=O) groups is 2. The van der Waals surface area contributed by atoms with E-state index in [-0.39, 0.29) is 23.3 Å². The summed E-state index contributed by atoms with van der Waals surface area (Å²) in [6.07, 6.45) is 3.92. The van der Waals surface area contributed by atoms with Gasteiger partial charge in [-0.05, 0) is 43.4 Å². The molecule has 2 heterocycles. The van der Waals surface area contributed by atoms with Gasteiger partial charge in [-0.1, -0.05) is 26.0 Å². The number of amides is 2. The highest BCUT2D eigenvalue weighted by atomic mass is 16.5. The molecule has 1 unspecified atom stereocenters. The van der Waals surface area contributed by atoms with Crippen LogP contribution in [0.5, 0.6) is 11.5 Å². The highest BCUT2D eigenvalue weighted by molar-refractivity contribution is 5.98.